The molecule has 1 aromatic heterocycles. The van der Waals surface area contributed by atoms with Crippen LogP contribution in [0, 0.1) is 5.82 Å². The molecular formula is C33H31F6N3O6. The zero-order valence-electron chi connectivity index (χ0n) is 25.8. The predicted molar refractivity (Wildman–Crippen MR) is 159 cm³/mol. The van der Waals surface area contributed by atoms with Gasteiger partial charge in [-0.05, 0) is 67.3 Å². The number of methoxy groups -OCH3 is 1. The Labute approximate surface area is 270 Å². The van der Waals surface area contributed by atoms with Gasteiger partial charge in [-0.15, -0.1) is 0 Å². The maximum Gasteiger partial charge on any atom is 0.419 e. The zero-order chi connectivity index (χ0) is 34.3. The van der Waals surface area contributed by atoms with E-state index >= 15 is 0 Å². The minimum Gasteiger partial charge on any atom is -0.494 e. The molecule has 1 N–H and O–H groups in total. The second-order valence-electron chi connectivity index (χ2n) is 11.6. The Balaban J connectivity index is 1.30. The van der Waals surface area contributed by atoms with Crippen molar-refractivity contribution in [2.45, 2.75) is 64.4 Å². The molecule has 1 saturated heterocycles. The summed E-state index contributed by atoms with van der Waals surface area (Å²) >= 11 is 0. The zero-order valence-corrected chi connectivity index (χ0v) is 25.8. The number of hydrogen-bond donors (Lipinski definition) is 1. The Hall–Kier alpha value is -4.50. The Kier molecular flexibility index (Phi) is 9.18. The lowest BCUT2D eigenvalue weighted by molar-refractivity contribution is -0.139. The van der Waals surface area contributed by atoms with E-state index in [2.05, 4.69) is 4.74 Å². The Morgan fingerprint density at radius 3 is 2.54 bits per heavy atom. The standard InChI is InChI=1S/C33H31F6N3O6/c1-17-23-13-27(47-16-19-3-4-21(12-25(19)34)48-32(35)36)24(33(37,38)39)9-18(23)5-7-41(17)15-29-40-30-26(42(29)14-22-6-8-46-22)10-20(31(43)44)11-28(30)45-2/h3-4,9-13,17,22,32H,5-8,14-16H2,1-2H3,(H,43,44)/t17-,22-/m0/s1. The van der Waals surface area contributed by atoms with Gasteiger partial charge in [0.2, 0.25) is 0 Å². The first-order chi connectivity index (χ1) is 22.8. The molecule has 0 spiro atoms. The van der Waals surface area contributed by atoms with Gasteiger partial charge in [0.25, 0.3) is 0 Å². The predicted octanol–water partition coefficient (Wildman–Crippen LogP) is 6.99. The molecule has 2 atom stereocenters. The number of carbonyl (C=O) groups is 1. The molecule has 256 valence electrons. The van der Waals surface area contributed by atoms with Crippen molar-refractivity contribution in [2.75, 3.05) is 20.3 Å². The summed E-state index contributed by atoms with van der Waals surface area (Å²) in [5.41, 5.74) is 0.995. The van der Waals surface area contributed by atoms with Crippen LogP contribution < -0.4 is 14.2 Å². The van der Waals surface area contributed by atoms with Crippen LogP contribution in [0.4, 0.5) is 26.3 Å². The molecule has 9 nitrogen and oxygen atoms in total. The van der Waals surface area contributed by atoms with Crippen molar-refractivity contribution in [3.63, 3.8) is 0 Å². The number of aromatic nitrogens is 2. The monoisotopic (exact) mass is 679 g/mol. The molecule has 0 bridgehead atoms. The number of ether oxygens (including phenoxy) is 4. The maximum absolute atomic E-state index is 14.6. The molecule has 2 aliphatic heterocycles. The van der Waals surface area contributed by atoms with Crippen molar-refractivity contribution in [1.29, 1.82) is 0 Å². The van der Waals surface area contributed by atoms with Crippen LogP contribution in [0.1, 0.15) is 57.8 Å². The van der Waals surface area contributed by atoms with Gasteiger partial charge in [0, 0.05) is 30.8 Å². The van der Waals surface area contributed by atoms with Crippen LogP contribution in [0.3, 0.4) is 0 Å². The molecular weight excluding hydrogens is 648 g/mol. The summed E-state index contributed by atoms with van der Waals surface area (Å²) in [6.45, 7) is -0.175. The van der Waals surface area contributed by atoms with E-state index < -0.39 is 54.3 Å². The van der Waals surface area contributed by atoms with Crippen LogP contribution in [0.5, 0.6) is 17.2 Å². The van der Waals surface area contributed by atoms with Gasteiger partial charge in [-0.3, -0.25) is 4.90 Å². The molecule has 4 aromatic rings. The molecule has 0 aliphatic carbocycles. The van der Waals surface area contributed by atoms with Gasteiger partial charge < -0.3 is 28.6 Å². The van der Waals surface area contributed by atoms with Crippen molar-refractivity contribution in [3.8, 4) is 17.2 Å². The van der Waals surface area contributed by atoms with Gasteiger partial charge in [0.15, 0.2) is 0 Å². The Bertz CT molecular complexity index is 1840. The molecule has 3 heterocycles. The topological polar surface area (TPSA) is 95.3 Å². The maximum atomic E-state index is 14.6. The Morgan fingerprint density at radius 2 is 1.92 bits per heavy atom. The van der Waals surface area contributed by atoms with Gasteiger partial charge in [-0.2, -0.15) is 22.0 Å². The molecule has 2 aliphatic rings. The van der Waals surface area contributed by atoms with E-state index in [1.807, 2.05) is 16.4 Å². The van der Waals surface area contributed by atoms with E-state index in [4.69, 9.17) is 19.2 Å². The fourth-order valence-electron chi connectivity index (χ4n) is 6.09. The number of benzene rings is 3. The van der Waals surface area contributed by atoms with Crippen molar-refractivity contribution >= 4 is 17.0 Å². The average molecular weight is 680 g/mol. The molecule has 0 saturated carbocycles. The highest BCUT2D eigenvalue weighted by molar-refractivity contribution is 5.95. The lowest BCUT2D eigenvalue weighted by Gasteiger charge is -2.36. The van der Waals surface area contributed by atoms with Crippen LogP contribution in [-0.4, -0.2) is 58.5 Å². The third-order valence-corrected chi connectivity index (χ3v) is 8.73. The number of rotatable bonds is 11. The molecule has 0 radical (unpaired) electrons. The summed E-state index contributed by atoms with van der Waals surface area (Å²) in [5.74, 6) is -2.12. The van der Waals surface area contributed by atoms with E-state index in [-0.39, 0.29) is 23.8 Å². The second-order valence-corrected chi connectivity index (χ2v) is 11.6. The van der Waals surface area contributed by atoms with E-state index in [9.17, 15) is 36.2 Å². The van der Waals surface area contributed by atoms with Gasteiger partial charge in [0.05, 0.1) is 42.9 Å². The molecule has 0 amide bonds. The van der Waals surface area contributed by atoms with Crippen molar-refractivity contribution in [3.05, 3.63) is 81.9 Å². The third kappa shape index (κ3) is 6.74. The highest BCUT2D eigenvalue weighted by atomic mass is 19.4. The van der Waals surface area contributed by atoms with Crippen molar-refractivity contribution in [1.82, 2.24) is 14.5 Å². The molecule has 0 unspecified atom stereocenters. The average Bonchev–Trinajstić information content (AvgIpc) is 3.35. The normalized spacial score (nSPS) is 18.1. The quantitative estimate of drug-likeness (QED) is 0.170. The SMILES string of the molecule is COc1cc(C(=O)O)cc2c1nc(CN1CCc3cc(C(F)(F)F)c(OCc4ccc(OC(F)F)cc4F)cc3[C@@H]1C)n2C[C@@H]1CCO1. The number of hydrogen-bond acceptors (Lipinski definition) is 7. The molecule has 15 heteroatoms. The molecule has 1 fully saturated rings. The van der Waals surface area contributed by atoms with Crippen LogP contribution in [0.2, 0.25) is 0 Å². The van der Waals surface area contributed by atoms with E-state index in [1.54, 1.807) is 0 Å². The molecule has 6 rings (SSSR count). The first-order valence-corrected chi connectivity index (χ1v) is 15.1. The number of alkyl halides is 5. The van der Waals surface area contributed by atoms with Gasteiger partial charge >= 0.3 is 18.8 Å². The van der Waals surface area contributed by atoms with Crippen LogP contribution >= 0.6 is 0 Å². The third-order valence-electron chi connectivity index (χ3n) is 8.73. The van der Waals surface area contributed by atoms with E-state index in [1.165, 1.54) is 25.3 Å². The summed E-state index contributed by atoms with van der Waals surface area (Å²) in [7, 11) is 1.43. The van der Waals surface area contributed by atoms with Gasteiger partial charge in [-0.1, -0.05) is 0 Å². The van der Waals surface area contributed by atoms with E-state index in [0.29, 0.717) is 65.9 Å². The van der Waals surface area contributed by atoms with E-state index in [0.717, 1.165) is 24.6 Å². The first kappa shape index (κ1) is 33.4. The minimum absolute atomic E-state index is 0.0344. The van der Waals surface area contributed by atoms with Gasteiger partial charge in [0.1, 0.15) is 41.0 Å². The highest BCUT2D eigenvalue weighted by Gasteiger charge is 2.37. The van der Waals surface area contributed by atoms with Crippen molar-refractivity contribution < 1.29 is 55.2 Å². The number of fused-ring (bicyclic) bond motifs is 2. The number of aromatic carboxylic acids is 1. The summed E-state index contributed by atoms with van der Waals surface area (Å²) in [5, 5.41) is 9.69. The van der Waals surface area contributed by atoms with Crippen LogP contribution in [-0.2, 0) is 37.0 Å². The van der Waals surface area contributed by atoms with Crippen molar-refractivity contribution in [2.24, 2.45) is 0 Å². The van der Waals surface area contributed by atoms with Crippen LogP contribution in [0.25, 0.3) is 11.0 Å². The second kappa shape index (κ2) is 13.2. The van der Waals surface area contributed by atoms with Gasteiger partial charge in [-0.25, -0.2) is 14.2 Å². The fourth-order valence-corrected chi connectivity index (χ4v) is 6.09. The smallest absolute Gasteiger partial charge is 0.419 e. The Morgan fingerprint density at radius 1 is 1.15 bits per heavy atom. The largest absolute Gasteiger partial charge is 0.494 e. The highest BCUT2D eigenvalue weighted by Crippen LogP contribution is 2.42. The lowest BCUT2D eigenvalue weighted by atomic mass is 9.91. The minimum atomic E-state index is -4.76. The number of halogens is 6. The number of carboxylic acid groups (broad SMARTS) is 1. The summed E-state index contributed by atoms with van der Waals surface area (Å²) < 4.78 is 105. The van der Waals surface area contributed by atoms with Crippen LogP contribution in [0.15, 0.2) is 42.5 Å². The number of nitrogens with zero attached hydrogens (tertiary/aromatic N) is 3. The number of imidazole rings is 1. The molecule has 3 aromatic carbocycles. The summed E-state index contributed by atoms with van der Waals surface area (Å²) in [6.07, 6.45) is -3.73. The first-order valence-electron chi connectivity index (χ1n) is 15.1. The molecule has 48 heavy (non-hydrogen) atoms. The fraction of sp³-hybridized carbons (Fsp3) is 0.394. The summed E-state index contributed by atoms with van der Waals surface area (Å²) in [6, 6.07) is 7.81. The summed E-state index contributed by atoms with van der Waals surface area (Å²) in [4.78, 5) is 18.7. The number of carboxylic acids is 1. The lowest BCUT2D eigenvalue weighted by Crippen LogP contribution is -2.36.